The van der Waals surface area contributed by atoms with E-state index >= 15 is 0 Å². The van der Waals surface area contributed by atoms with Crippen LogP contribution in [0.15, 0.2) is 24.4 Å². The van der Waals surface area contributed by atoms with Gasteiger partial charge in [-0.25, -0.2) is 4.39 Å². The average molecular weight is 272 g/mol. The number of rotatable bonds is 4. The van der Waals surface area contributed by atoms with Crippen molar-refractivity contribution in [2.75, 3.05) is 0 Å². The Morgan fingerprint density at radius 2 is 2.20 bits per heavy atom. The van der Waals surface area contributed by atoms with Gasteiger partial charge in [-0.15, -0.1) is 0 Å². The van der Waals surface area contributed by atoms with Crippen LogP contribution >= 0.6 is 0 Å². The van der Waals surface area contributed by atoms with Crippen LogP contribution in [0.2, 0.25) is 0 Å². The van der Waals surface area contributed by atoms with Crippen molar-refractivity contribution in [2.24, 2.45) is 5.92 Å². The van der Waals surface area contributed by atoms with Crippen LogP contribution < -0.4 is 0 Å². The fraction of sp³-hybridized carbons (Fsp3) is 0.375. The zero-order chi connectivity index (χ0) is 14.3. The Morgan fingerprint density at radius 1 is 1.45 bits per heavy atom. The third-order valence-corrected chi connectivity index (χ3v) is 4.04. The number of aldehydes is 1. The molecule has 1 unspecified atom stereocenters. The zero-order valence-corrected chi connectivity index (χ0v) is 11.6. The topological polar surface area (TPSA) is 34.9 Å². The molecule has 1 aromatic heterocycles. The zero-order valence-electron chi connectivity index (χ0n) is 11.6. The molecule has 3 nitrogen and oxygen atoms in total. The highest BCUT2D eigenvalue weighted by atomic mass is 19.1. The van der Waals surface area contributed by atoms with Crippen LogP contribution in [0.5, 0.6) is 0 Å². The smallest absolute Gasteiger partial charge is 0.153 e. The van der Waals surface area contributed by atoms with Crippen LogP contribution in [0.25, 0.3) is 11.3 Å². The van der Waals surface area contributed by atoms with Crippen molar-refractivity contribution in [3.63, 3.8) is 0 Å². The third-order valence-electron chi connectivity index (χ3n) is 4.04. The number of nitrogens with zero attached hydrogens (tertiary/aromatic N) is 2. The molecule has 1 aromatic carbocycles. The first-order chi connectivity index (χ1) is 9.60. The molecule has 2 aromatic rings. The lowest BCUT2D eigenvalue weighted by Crippen LogP contribution is -2.07. The van der Waals surface area contributed by atoms with Crippen LogP contribution in [0.3, 0.4) is 0 Å². The predicted molar refractivity (Wildman–Crippen MR) is 75.2 cm³/mol. The first-order valence-electron chi connectivity index (χ1n) is 6.91. The summed E-state index contributed by atoms with van der Waals surface area (Å²) in [5.41, 5.74) is 2.54. The molecule has 1 saturated carbocycles. The van der Waals surface area contributed by atoms with Gasteiger partial charge in [-0.2, -0.15) is 5.10 Å². The monoisotopic (exact) mass is 272 g/mol. The van der Waals surface area contributed by atoms with Crippen molar-refractivity contribution in [1.82, 2.24) is 9.78 Å². The molecule has 1 heterocycles. The molecule has 1 aliphatic rings. The first-order valence-corrected chi connectivity index (χ1v) is 6.91. The van der Waals surface area contributed by atoms with E-state index in [2.05, 4.69) is 12.0 Å². The Bertz CT molecular complexity index is 658. The maximum atomic E-state index is 13.3. The molecule has 0 N–H and O–H groups in total. The highest BCUT2D eigenvalue weighted by molar-refractivity contribution is 5.85. The fourth-order valence-electron chi connectivity index (χ4n) is 2.51. The Morgan fingerprint density at radius 3 is 2.80 bits per heavy atom. The maximum absolute atomic E-state index is 13.3. The molecule has 1 fully saturated rings. The Kier molecular flexibility index (Phi) is 3.16. The van der Waals surface area contributed by atoms with E-state index in [1.54, 1.807) is 25.3 Å². The molecule has 0 amide bonds. The Balaban J connectivity index is 2.02. The van der Waals surface area contributed by atoms with E-state index in [0.717, 1.165) is 11.8 Å². The quantitative estimate of drug-likeness (QED) is 0.794. The van der Waals surface area contributed by atoms with Gasteiger partial charge in [-0.3, -0.25) is 9.48 Å². The summed E-state index contributed by atoms with van der Waals surface area (Å²) in [6.07, 6.45) is 5.06. The molecular formula is C16H17FN2O. The second-order valence-electron chi connectivity index (χ2n) is 5.57. The van der Waals surface area contributed by atoms with Gasteiger partial charge in [0.15, 0.2) is 6.29 Å². The number of carbonyl (C=O) groups excluding carboxylic acids is 1. The van der Waals surface area contributed by atoms with Crippen LogP contribution in [0, 0.1) is 18.7 Å². The van der Waals surface area contributed by atoms with E-state index in [1.807, 2.05) is 4.68 Å². The van der Waals surface area contributed by atoms with E-state index in [-0.39, 0.29) is 5.82 Å². The number of halogens is 1. The number of hydrogen-bond donors (Lipinski definition) is 0. The van der Waals surface area contributed by atoms with Crippen LogP contribution in [0.1, 0.15) is 41.7 Å². The summed E-state index contributed by atoms with van der Waals surface area (Å²) in [6.45, 7) is 3.84. The third kappa shape index (κ3) is 2.26. The van der Waals surface area contributed by atoms with E-state index in [9.17, 15) is 9.18 Å². The van der Waals surface area contributed by atoms with E-state index < -0.39 is 0 Å². The minimum absolute atomic E-state index is 0.243. The molecule has 1 aliphatic carbocycles. The highest BCUT2D eigenvalue weighted by Gasteiger charge is 2.30. The van der Waals surface area contributed by atoms with Gasteiger partial charge in [0.25, 0.3) is 0 Å². The molecule has 20 heavy (non-hydrogen) atoms. The Labute approximate surface area is 117 Å². The van der Waals surface area contributed by atoms with E-state index in [0.29, 0.717) is 28.8 Å². The molecule has 3 rings (SSSR count). The molecule has 0 spiro atoms. The summed E-state index contributed by atoms with van der Waals surface area (Å²) in [7, 11) is 0. The van der Waals surface area contributed by atoms with Crippen molar-refractivity contribution >= 4 is 6.29 Å². The summed E-state index contributed by atoms with van der Waals surface area (Å²) in [5, 5.41) is 4.55. The summed E-state index contributed by atoms with van der Waals surface area (Å²) < 4.78 is 15.2. The van der Waals surface area contributed by atoms with Gasteiger partial charge >= 0.3 is 0 Å². The van der Waals surface area contributed by atoms with Gasteiger partial charge < -0.3 is 0 Å². The lowest BCUT2D eigenvalue weighted by atomic mass is 10.1. The summed E-state index contributed by atoms with van der Waals surface area (Å²) >= 11 is 0. The second kappa shape index (κ2) is 4.85. The van der Waals surface area contributed by atoms with E-state index in [1.165, 1.54) is 18.9 Å². The number of hydrogen-bond acceptors (Lipinski definition) is 2. The fourth-order valence-corrected chi connectivity index (χ4v) is 2.51. The van der Waals surface area contributed by atoms with Crippen LogP contribution in [-0.4, -0.2) is 16.1 Å². The molecule has 0 saturated heterocycles. The number of aromatic nitrogens is 2. The van der Waals surface area contributed by atoms with Gasteiger partial charge in [-0.05, 0) is 56.4 Å². The van der Waals surface area contributed by atoms with Gasteiger partial charge in [0, 0.05) is 11.8 Å². The lowest BCUT2D eigenvalue weighted by molar-refractivity contribution is 0.112. The highest BCUT2D eigenvalue weighted by Crippen LogP contribution is 2.39. The van der Waals surface area contributed by atoms with Crippen molar-refractivity contribution < 1.29 is 9.18 Å². The van der Waals surface area contributed by atoms with Crippen molar-refractivity contribution in [3.05, 3.63) is 41.3 Å². The minimum atomic E-state index is -0.243. The standard InChI is InChI=1S/C16H17FN2O/c1-10-7-13(5-6-15(10)17)16-14(9-20)8-19(18-16)11(2)12-3-4-12/h5-9,11-12H,3-4H2,1-2H3. The molecule has 0 aliphatic heterocycles. The second-order valence-corrected chi connectivity index (χ2v) is 5.57. The summed E-state index contributed by atoms with van der Waals surface area (Å²) in [5.74, 6) is 0.421. The number of carbonyl (C=O) groups is 1. The molecular weight excluding hydrogens is 255 g/mol. The van der Waals surface area contributed by atoms with Crippen molar-refractivity contribution in [3.8, 4) is 11.3 Å². The van der Waals surface area contributed by atoms with Crippen LogP contribution in [0.4, 0.5) is 4.39 Å². The number of aryl methyl sites for hydroxylation is 1. The largest absolute Gasteiger partial charge is 0.298 e. The SMILES string of the molecule is Cc1cc(-c2nn(C(C)C3CC3)cc2C=O)ccc1F. The van der Waals surface area contributed by atoms with Gasteiger partial charge in [0.2, 0.25) is 0 Å². The molecule has 1 atom stereocenters. The lowest BCUT2D eigenvalue weighted by Gasteiger charge is -2.09. The number of benzene rings is 1. The van der Waals surface area contributed by atoms with Gasteiger partial charge in [0.05, 0.1) is 11.6 Å². The minimum Gasteiger partial charge on any atom is -0.298 e. The first kappa shape index (κ1) is 13.0. The maximum Gasteiger partial charge on any atom is 0.153 e. The summed E-state index contributed by atoms with van der Waals surface area (Å²) in [4.78, 5) is 11.2. The van der Waals surface area contributed by atoms with Gasteiger partial charge in [-0.1, -0.05) is 0 Å². The van der Waals surface area contributed by atoms with Crippen molar-refractivity contribution in [2.45, 2.75) is 32.7 Å². The molecule has 104 valence electrons. The van der Waals surface area contributed by atoms with E-state index in [4.69, 9.17) is 0 Å². The molecule has 0 radical (unpaired) electrons. The molecule has 4 heteroatoms. The van der Waals surface area contributed by atoms with Crippen LogP contribution in [-0.2, 0) is 0 Å². The average Bonchev–Trinajstić information content (AvgIpc) is 3.20. The van der Waals surface area contributed by atoms with Crippen molar-refractivity contribution in [1.29, 1.82) is 0 Å². The Hall–Kier alpha value is -1.97. The summed E-state index contributed by atoms with van der Waals surface area (Å²) in [6, 6.07) is 5.13. The normalized spacial score (nSPS) is 16.1. The predicted octanol–water partition coefficient (Wildman–Crippen LogP) is 3.78. The van der Waals surface area contributed by atoms with Gasteiger partial charge in [0.1, 0.15) is 11.5 Å². The molecule has 0 bridgehead atoms.